The molecule has 0 aliphatic carbocycles. The van der Waals surface area contributed by atoms with Crippen LogP contribution in [0.3, 0.4) is 0 Å². The Balaban J connectivity index is 3.45. The molecule has 0 radical (unpaired) electrons. The minimum absolute atomic E-state index is 0.0994. The summed E-state index contributed by atoms with van der Waals surface area (Å²) in [5.41, 5.74) is 5.60. The van der Waals surface area contributed by atoms with Gasteiger partial charge < -0.3 is 5.73 Å². The Hall–Kier alpha value is -2.60. The molecule has 0 amide bonds. The molecular weight excluding hydrogens is 196 g/mol. The van der Waals surface area contributed by atoms with E-state index in [1.165, 1.54) is 6.07 Å². The van der Waals surface area contributed by atoms with Crippen molar-refractivity contribution >= 4 is 11.4 Å². The molecule has 1 aromatic rings. The molecule has 0 bridgehead atoms. The van der Waals surface area contributed by atoms with Crippen LogP contribution in [0.15, 0.2) is 12.1 Å². The van der Waals surface area contributed by atoms with E-state index in [9.17, 15) is 10.1 Å². The smallest absolute Gasteiger partial charge is 0.277 e. The lowest BCUT2D eigenvalue weighted by Crippen LogP contribution is -2.01. The van der Waals surface area contributed by atoms with Gasteiger partial charge in [-0.05, 0) is 6.07 Å². The van der Waals surface area contributed by atoms with Gasteiger partial charge in [0.15, 0.2) is 0 Å². The summed E-state index contributed by atoms with van der Waals surface area (Å²) in [6.45, 7) is 0. The number of hydrogen-bond acceptors (Lipinski definition) is 5. The van der Waals surface area contributed by atoms with Gasteiger partial charge in [0.25, 0.3) is 5.69 Å². The zero-order valence-corrected chi connectivity index (χ0v) is 7.60. The van der Waals surface area contributed by atoms with Gasteiger partial charge in [-0.25, -0.2) is 0 Å². The highest BCUT2D eigenvalue weighted by Crippen LogP contribution is 2.26. The van der Waals surface area contributed by atoms with E-state index < -0.39 is 4.92 Å². The van der Waals surface area contributed by atoms with Crippen LogP contribution in [-0.2, 0) is 6.42 Å². The normalized spacial score (nSPS) is 8.93. The molecule has 0 heterocycles. The number of nitrogens with zero attached hydrogens (tertiary/aromatic N) is 3. The highest BCUT2D eigenvalue weighted by Gasteiger charge is 2.17. The first-order chi connectivity index (χ1) is 7.10. The van der Waals surface area contributed by atoms with Gasteiger partial charge in [0, 0.05) is 11.8 Å². The SMILES string of the molecule is N#CCc1c(N)cc(C#N)cc1[N+](=O)[O-]. The third kappa shape index (κ3) is 2.01. The molecule has 0 saturated heterocycles. The average Bonchev–Trinajstić information content (AvgIpc) is 2.20. The Bertz CT molecular complexity index is 496. The maximum Gasteiger partial charge on any atom is 0.277 e. The van der Waals surface area contributed by atoms with Crippen LogP contribution in [-0.4, -0.2) is 4.92 Å². The van der Waals surface area contributed by atoms with Crippen molar-refractivity contribution < 1.29 is 4.92 Å². The maximum atomic E-state index is 10.6. The number of nitro groups is 1. The van der Waals surface area contributed by atoms with E-state index in [2.05, 4.69) is 0 Å². The number of rotatable bonds is 2. The van der Waals surface area contributed by atoms with Crippen LogP contribution in [0.5, 0.6) is 0 Å². The number of nitriles is 2. The fourth-order valence-electron chi connectivity index (χ4n) is 1.18. The number of nitro benzene ring substituents is 1. The Labute approximate surface area is 85.3 Å². The number of anilines is 1. The molecule has 0 saturated carbocycles. The Morgan fingerprint density at radius 3 is 2.60 bits per heavy atom. The van der Waals surface area contributed by atoms with Gasteiger partial charge in [-0.1, -0.05) is 0 Å². The fourth-order valence-corrected chi connectivity index (χ4v) is 1.18. The van der Waals surface area contributed by atoms with Crippen molar-refractivity contribution in [3.8, 4) is 12.1 Å². The zero-order valence-electron chi connectivity index (χ0n) is 7.60. The molecule has 0 aliphatic rings. The molecule has 0 fully saturated rings. The molecule has 2 N–H and O–H groups in total. The van der Waals surface area contributed by atoms with Crippen LogP contribution in [0.4, 0.5) is 11.4 Å². The lowest BCUT2D eigenvalue weighted by molar-refractivity contribution is -0.385. The first-order valence-electron chi connectivity index (χ1n) is 3.94. The van der Waals surface area contributed by atoms with E-state index in [0.29, 0.717) is 0 Å². The molecule has 6 nitrogen and oxygen atoms in total. The van der Waals surface area contributed by atoms with E-state index in [1.54, 1.807) is 12.1 Å². The monoisotopic (exact) mass is 202 g/mol. The highest BCUT2D eigenvalue weighted by atomic mass is 16.6. The van der Waals surface area contributed by atoms with Crippen LogP contribution >= 0.6 is 0 Å². The predicted octanol–water partition coefficient (Wildman–Crippen LogP) is 1.11. The molecule has 15 heavy (non-hydrogen) atoms. The number of nitrogen functional groups attached to an aromatic ring is 1. The van der Waals surface area contributed by atoms with E-state index in [0.717, 1.165) is 6.07 Å². The van der Waals surface area contributed by atoms with Crippen molar-refractivity contribution in [2.45, 2.75) is 6.42 Å². The second-order valence-corrected chi connectivity index (χ2v) is 2.77. The first-order valence-corrected chi connectivity index (χ1v) is 3.94. The summed E-state index contributed by atoms with van der Waals surface area (Å²) in [6.07, 6.45) is -0.145. The van der Waals surface area contributed by atoms with Crippen molar-refractivity contribution in [3.05, 3.63) is 33.4 Å². The van der Waals surface area contributed by atoms with Gasteiger partial charge in [-0.15, -0.1) is 0 Å². The molecule has 0 atom stereocenters. The number of hydrogen-bond donors (Lipinski definition) is 1. The minimum Gasteiger partial charge on any atom is -0.398 e. The zero-order chi connectivity index (χ0) is 11.4. The van der Waals surface area contributed by atoms with Crippen LogP contribution in [0.1, 0.15) is 11.1 Å². The predicted molar refractivity (Wildman–Crippen MR) is 51.5 cm³/mol. The van der Waals surface area contributed by atoms with Crippen molar-refractivity contribution in [3.63, 3.8) is 0 Å². The van der Waals surface area contributed by atoms with Gasteiger partial charge in [0.05, 0.1) is 34.6 Å². The number of nitrogens with two attached hydrogens (primary N) is 1. The summed E-state index contributed by atoms with van der Waals surface area (Å²) in [7, 11) is 0. The minimum atomic E-state index is -0.649. The fraction of sp³-hybridized carbons (Fsp3) is 0.111. The molecule has 0 unspecified atom stereocenters. The molecule has 0 aliphatic heterocycles. The van der Waals surface area contributed by atoms with Crippen molar-refractivity contribution in [1.29, 1.82) is 10.5 Å². The van der Waals surface area contributed by atoms with E-state index in [4.69, 9.17) is 16.3 Å². The summed E-state index contributed by atoms with van der Waals surface area (Å²) in [4.78, 5) is 10.00. The third-order valence-corrected chi connectivity index (χ3v) is 1.84. The van der Waals surface area contributed by atoms with Crippen LogP contribution < -0.4 is 5.73 Å². The van der Waals surface area contributed by atoms with Gasteiger partial charge in [0.2, 0.25) is 0 Å². The number of benzene rings is 1. The molecule has 1 aromatic carbocycles. The van der Waals surface area contributed by atoms with Crippen molar-refractivity contribution in [2.24, 2.45) is 0 Å². The van der Waals surface area contributed by atoms with Crippen LogP contribution in [0.25, 0.3) is 0 Å². The largest absolute Gasteiger partial charge is 0.398 e. The van der Waals surface area contributed by atoms with E-state index in [-0.39, 0.29) is 28.9 Å². The highest BCUT2D eigenvalue weighted by molar-refractivity contribution is 5.63. The lowest BCUT2D eigenvalue weighted by atomic mass is 10.0. The van der Waals surface area contributed by atoms with E-state index in [1.807, 2.05) is 0 Å². The Morgan fingerprint density at radius 2 is 2.13 bits per heavy atom. The molecule has 1 rings (SSSR count). The molecule has 0 spiro atoms. The van der Waals surface area contributed by atoms with Crippen LogP contribution in [0.2, 0.25) is 0 Å². The molecular formula is C9H6N4O2. The second-order valence-electron chi connectivity index (χ2n) is 2.77. The first kappa shape index (κ1) is 10.5. The second kappa shape index (κ2) is 4.07. The maximum absolute atomic E-state index is 10.6. The lowest BCUT2D eigenvalue weighted by Gasteiger charge is -2.03. The third-order valence-electron chi connectivity index (χ3n) is 1.84. The molecule has 74 valence electrons. The van der Waals surface area contributed by atoms with Gasteiger partial charge in [-0.3, -0.25) is 10.1 Å². The van der Waals surface area contributed by atoms with Gasteiger partial charge in [-0.2, -0.15) is 10.5 Å². The topological polar surface area (TPSA) is 117 Å². The Morgan fingerprint density at radius 1 is 1.47 bits per heavy atom. The van der Waals surface area contributed by atoms with Crippen molar-refractivity contribution in [1.82, 2.24) is 0 Å². The van der Waals surface area contributed by atoms with Gasteiger partial charge >= 0.3 is 0 Å². The van der Waals surface area contributed by atoms with E-state index >= 15 is 0 Å². The summed E-state index contributed by atoms with van der Waals surface area (Å²) >= 11 is 0. The molecule has 0 aromatic heterocycles. The van der Waals surface area contributed by atoms with Gasteiger partial charge in [0.1, 0.15) is 0 Å². The summed E-state index contributed by atoms with van der Waals surface area (Å²) in [5.74, 6) is 0. The van der Waals surface area contributed by atoms with Crippen LogP contribution in [0, 0.1) is 32.8 Å². The summed E-state index contributed by atoms with van der Waals surface area (Å²) < 4.78 is 0. The quantitative estimate of drug-likeness (QED) is 0.438. The molecule has 6 heteroatoms. The standard InChI is InChI=1S/C9H6N4O2/c10-2-1-7-8(12)3-6(5-11)4-9(7)13(14)15/h3-4H,1,12H2. The van der Waals surface area contributed by atoms with Crippen molar-refractivity contribution in [2.75, 3.05) is 5.73 Å². The average molecular weight is 202 g/mol. The summed E-state index contributed by atoms with van der Waals surface area (Å²) in [5, 5.41) is 27.7. The summed E-state index contributed by atoms with van der Waals surface area (Å²) in [6, 6.07) is 5.99. The Kier molecular flexibility index (Phi) is 2.85.